The highest BCUT2D eigenvalue weighted by Gasteiger charge is 1.99. The van der Waals surface area contributed by atoms with Crippen LogP contribution in [0.4, 0.5) is 0 Å². The van der Waals surface area contributed by atoms with Gasteiger partial charge in [-0.3, -0.25) is 0 Å². The lowest BCUT2D eigenvalue weighted by molar-refractivity contribution is 0.343. The van der Waals surface area contributed by atoms with Gasteiger partial charge in [-0.15, -0.1) is 0 Å². The summed E-state index contributed by atoms with van der Waals surface area (Å²) in [6.45, 7) is 4.22. The van der Waals surface area contributed by atoms with E-state index in [0.29, 0.717) is 0 Å². The summed E-state index contributed by atoms with van der Waals surface area (Å²) in [4.78, 5) is 0. The first kappa shape index (κ1) is 10.5. The molecule has 0 atom stereocenters. The summed E-state index contributed by atoms with van der Waals surface area (Å²) >= 11 is 3.44. The van der Waals surface area contributed by atoms with Crippen LogP contribution in [0.3, 0.4) is 0 Å². The van der Waals surface area contributed by atoms with Gasteiger partial charge in [0.2, 0.25) is 0 Å². The van der Waals surface area contributed by atoms with E-state index in [1.807, 2.05) is 6.08 Å². The molecule has 0 spiro atoms. The highest BCUT2D eigenvalue weighted by Crippen LogP contribution is 2.21. The number of halogens is 1. The average Bonchev–Trinajstić information content (AvgIpc) is 2.02. The summed E-state index contributed by atoms with van der Waals surface area (Å²) in [5, 5.41) is 8.67. The summed E-state index contributed by atoms with van der Waals surface area (Å²) < 4.78 is 1.10. The van der Waals surface area contributed by atoms with Gasteiger partial charge in [0.15, 0.2) is 0 Å². The van der Waals surface area contributed by atoms with E-state index in [-0.39, 0.29) is 6.61 Å². The molecule has 0 unspecified atom stereocenters. The van der Waals surface area contributed by atoms with Gasteiger partial charge >= 0.3 is 0 Å². The van der Waals surface area contributed by atoms with Gasteiger partial charge in [0.25, 0.3) is 0 Å². The van der Waals surface area contributed by atoms with Crippen LogP contribution in [0.2, 0.25) is 0 Å². The first-order valence-electron chi connectivity index (χ1n) is 4.19. The van der Waals surface area contributed by atoms with Gasteiger partial charge in [-0.05, 0) is 42.7 Å². The second-order valence-electron chi connectivity index (χ2n) is 3.04. The second-order valence-corrected chi connectivity index (χ2v) is 3.95. The Kier molecular flexibility index (Phi) is 3.70. The smallest absolute Gasteiger partial charge is 0.0615 e. The Bertz CT molecular complexity index is 306. The largest absolute Gasteiger partial charge is 0.392 e. The third-order valence-corrected chi connectivity index (χ3v) is 2.41. The van der Waals surface area contributed by atoms with E-state index in [1.165, 1.54) is 16.7 Å². The molecule has 1 nitrogen and oxygen atoms in total. The highest BCUT2D eigenvalue weighted by atomic mass is 79.9. The molecule has 1 aromatic carbocycles. The van der Waals surface area contributed by atoms with E-state index >= 15 is 0 Å². The maximum Gasteiger partial charge on any atom is 0.0615 e. The lowest BCUT2D eigenvalue weighted by Crippen LogP contribution is -1.87. The van der Waals surface area contributed by atoms with Crippen molar-refractivity contribution in [3.8, 4) is 0 Å². The van der Waals surface area contributed by atoms with Crippen molar-refractivity contribution in [1.82, 2.24) is 0 Å². The van der Waals surface area contributed by atoms with E-state index in [0.717, 1.165) is 4.47 Å². The van der Waals surface area contributed by atoms with Crippen LogP contribution >= 0.6 is 15.9 Å². The van der Waals surface area contributed by atoms with Crippen molar-refractivity contribution in [3.63, 3.8) is 0 Å². The van der Waals surface area contributed by atoms with Crippen LogP contribution in [0.15, 0.2) is 22.7 Å². The molecule has 1 rings (SSSR count). The zero-order valence-corrected chi connectivity index (χ0v) is 9.43. The number of aliphatic hydroxyl groups is 1. The standard InChI is InChI=1S/C11H13BrO/c1-8-6-10(12)7-9(2)11(8)4-3-5-13/h3-4,6-7,13H,5H2,1-2H3. The Morgan fingerprint density at radius 2 is 1.85 bits per heavy atom. The molecule has 1 aromatic rings. The van der Waals surface area contributed by atoms with Gasteiger partial charge in [-0.1, -0.05) is 28.1 Å². The Labute approximate surface area is 87.2 Å². The Morgan fingerprint density at radius 1 is 1.31 bits per heavy atom. The lowest BCUT2D eigenvalue weighted by Gasteiger charge is -2.05. The summed E-state index contributed by atoms with van der Waals surface area (Å²) in [5.41, 5.74) is 3.63. The quantitative estimate of drug-likeness (QED) is 0.843. The summed E-state index contributed by atoms with van der Waals surface area (Å²) in [7, 11) is 0. The van der Waals surface area contributed by atoms with E-state index in [2.05, 4.69) is 41.9 Å². The van der Waals surface area contributed by atoms with Gasteiger partial charge in [-0.25, -0.2) is 0 Å². The molecular formula is C11H13BrO. The molecule has 0 radical (unpaired) electrons. The molecular weight excluding hydrogens is 228 g/mol. The van der Waals surface area contributed by atoms with Crippen molar-refractivity contribution in [2.24, 2.45) is 0 Å². The Balaban J connectivity index is 3.13. The summed E-state index contributed by atoms with van der Waals surface area (Å²) in [5.74, 6) is 0. The first-order valence-corrected chi connectivity index (χ1v) is 4.98. The van der Waals surface area contributed by atoms with E-state index < -0.39 is 0 Å². The molecule has 0 saturated heterocycles. The van der Waals surface area contributed by atoms with Crippen molar-refractivity contribution in [3.05, 3.63) is 39.4 Å². The minimum absolute atomic E-state index is 0.0922. The zero-order valence-electron chi connectivity index (χ0n) is 7.84. The van der Waals surface area contributed by atoms with Gasteiger partial charge in [0.1, 0.15) is 0 Å². The van der Waals surface area contributed by atoms with Gasteiger partial charge in [0, 0.05) is 4.47 Å². The molecule has 0 aliphatic heterocycles. The van der Waals surface area contributed by atoms with E-state index in [9.17, 15) is 0 Å². The van der Waals surface area contributed by atoms with Crippen LogP contribution in [0, 0.1) is 13.8 Å². The third kappa shape index (κ3) is 2.68. The SMILES string of the molecule is Cc1cc(Br)cc(C)c1C=CCO. The predicted molar refractivity (Wildman–Crippen MR) is 59.7 cm³/mol. The maximum absolute atomic E-state index is 8.67. The normalized spacial score (nSPS) is 11.1. The Hall–Kier alpha value is -0.600. The minimum Gasteiger partial charge on any atom is -0.392 e. The Morgan fingerprint density at radius 3 is 2.31 bits per heavy atom. The number of benzene rings is 1. The van der Waals surface area contributed by atoms with Crippen LogP contribution in [0.1, 0.15) is 16.7 Å². The van der Waals surface area contributed by atoms with Crippen LogP contribution in [0.25, 0.3) is 6.08 Å². The van der Waals surface area contributed by atoms with Crippen molar-refractivity contribution in [1.29, 1.82) is 0 Å². The summed E-state index contributed by atoms with van der Waals surface area (Å²) in [6.07, 6.45) is 3.71. The predicted octanol–water partition coefficient (Wildman–Crippen LogP) is 3.07. The molecule has 0 aliphatic rings. The monoisotopic (exact) mass is 240 g/mol. The van der Waals surface area contributed by atoms with Crippen LogP contribution in [-0.2, 0) is 0 Å². The lowest BCUT2D eigenvalue weighted by atomic mass is 10.0. The fourth-order valence-electron chi connectivity index (χ4n) is 1.36. The molecule has 0 saturated carbocycles. The zero-order chi connectivity index (χ0) is 9.84. The molecule has 2 heteroatoms. The number of hydrogen-bond acceptors (Lipinski definition) is 1. The van der Waals surface area contributed by atoms with Gasteiger partial charge in [-0.2, -0.15) is 0 Å². The van der Waals surface area contributed by atoms with Gasteiger partial charge < -0.3 is 5.11 Å². The topological polar surface area (TPSA) is 20.2 Å². The number of rotatable bonds is 2. The van der Waals surface area contributed by atoms with Crippen molar-refractivity contribution < 1.29 is 5.11 Å². The van der Waals surface area contributed by atoms with Crippen LogP contribution in [0.5, 0.6) is 0 Å². The van der Waals surface area contributed by atoms with Crippen molar-refractivity contribution in [2.75, 3.05) is 6.61 Å². The van der Waals surface area contributed by atoms with E-state index in [1.54, 1.807) is 6.08 Å². The molecule has 0 aromatic heterocycles. The first-order chi connectivity index (χ1) is 6.15. The van der Waals surface area contributed by atoms with Crippen LogP contribution < -0.4 is 0 Å². The summed E-state index contributed by atoms with van der Waals surface area (Å²) in [6, 6.07) is 4.15. The second kappa shape index (κ2) is 4.58. The van der Waals surface area contributed by atoms with Crippen molar-refractivity contribution in [2.45, 2.75) is 13.8 Å². The molecule has 0 aliphatic carbocycles. The molecule has 0 bridgehead atoms. The van der Waals surface area contributed by atoms with Gasteiger partial charge in [0.05, 0.1) is 6.61 Å². The van der Waals surface area contributed by atoms with Crippen molar-refractivity contribution >= 4 is 22.0 Å². The molecule has 70 valence electrons. The average molecular weight is 241 g/mol. The maximum atomic E-state index is 8.67. The fourth-order valence-corrected chi connectivity index (χ4v) is 2.04. The number of aliphatic hydroxyl groups excluding tert-OH is 1. The molecule has 1 N–H and O–H groups in total. The fraction of sp³-hybridized carbons (Fsp3) is 0.273. The molecule has 0 amide bonds. The van der Waals surface area contributed by atoms with Crippen LogP contribution in [-0.4, -0.2) is 11.7 Å². The highest BCUT2D eigenvalue weighted by molar-refractivity contribution is 9.10. The number of hydrogen-bond donors (Lipinski definition) is 1. The van der Waals surface area contributed by atoms with E-state index in [4.69, 9.17) is 5.11 Å². The minimum atomic E-state index is 0.0922. The number of aryl methyl sites for hydroxylation is 2. The molecule has 0 heterocycles. The molecule has 13 heavy (non-hydrogen) atoms. The third-order valence-electron chi connectivity index (χ3n) is 1.95. The molecule has 0 fully saturated rings.